The van der Waals surface area contributed by atoms with Gasteiger partial charge in [-0.15, -0.1) is 0 Å². The van der Waals surface area contributed by atoms with Crippen LogP contribution in [-0.4, -0.2) is 12.9 Å². The summed E-state index contributed by atoms with van der Waals surface area (Å²) in [6, 6.07) is 12.0. The van der Waals surface area contributed by atoms with Gasteiger partial charge < -0.3 is 4.74 Å². The van der Waals surface area contributed by atoms with E-state index in [0.29, 0.717) is 17.7 Å². The van der Waals surface area contributed by atoms with E-state index in [1.54, 1.807) is 13.2 Å². The number of ketones is 1. The molecule has 0 N–H and O–H groups in total. The second-order valence-corrected chi connectivity index (χ2v) is 5.34. The number of benzene rings is 2. The van der Waals surface area contributed by atoms with Crippen molar-refractivity contribution in [2.45, 2.75) is 20.3 Å². The van der Waals surface area contributed by atoms with Crippen LogP contribution in [0.15, 0.2) is 42.5 Å². The van der Waals surface area contributed by atoms with Gasteiger partial charge in [0, 0.05) is 17.9 Å². The number of hydrogen-bond donors (Lipinski definition) is 0. The van der Waals surface area contributed by atoms with Crippen LogP contribution < -0.4 is 4.74 Å². The van der Waals surface area contributed by atoms with Gasteiger partial charge in [-0.25, -0.2) is 4.39 Å². The van der Waals surface area contributed by atoms with E-state index in [9.17, 15) is 9.18 Å². The summed E-state index contributed by atoms with van der Waals surface area (Å²) in [5.74, 6) is 0.575. The number of carbonyl (C=O) groups excluding carboxylic acids is 1. The van der Waals surface area contributed by atoms with E-state index in [1.165, 1.54) is 12.1 Å². The molecule has 0 fully saturated rings. The van der Waals surface area contributed by atoms with Crippen LogP contribution in [0.4, 0.5) is 4.39 Å². The molecule has 0 saturated carbocycles. The van der Waals surface area contributed by atoms with Gasteiger partial charge in [0.2, 0.25) is 0 Å². The summed E-state index contributed by atoms with van der Waals surface area (Å²) in [4.78, 5) is 11.7. The molecule has 110 valence electrons. The second kappa shape index (κ2) is 6.53. The zero-order valence-electron chi connectivity index (χ0n) is 12.5. The maximum Gasteiger partial charge on any atom is 0.139 e. The molecule has 3 heteroatoms. The fourth-order valence-electron chi connectivity index (χ4n) is 2.11. The van der Waals surface area contributed by atoms with Crippen LogP contribution in [0.5, 0.6) is 5.75 Å². The molecule has 0 spiro atoms. The first-order valence-corrected chi connectivity index (χ1v) is 6.97. The van der Waals surface area contributed by atoms with E-state index in [2.05, 4.69) is 0 Å². The first kappa shape index (κ1) is 15.2. The predicted molar refractivity (Wildman–Crippen MR) is 81.9 cm³/mol. The van der Waals surface area contributed by atoms with Crippen molar-refractivity contribution in [1.82, 2.24) is 0 Å². The highest BCUT2D eigenvalue weighted by molar-refractivity contribution is 5.82. The molecule has 0 heterocycles. The number of halogens is 1. The molecule has 0 unspecified atom stereocenters. The molecular formula is C18H19FO2. The van der Waals surface area contributed by atoms with Crippen LogP contribution >= 0.6 is 0 Å². The van der Waals surface area contributed by atoms with Crippen molar-refractivity contribution in [2.75, 3.05) is 7.11 Å². The summed E-state index contributed by atoms with van der Waals surface area (Å²) in [5.41, 5.74) is 2.54. The third-order valence-corrected chi connectivity index (χ3v) is 3.45. The van der Waals surface area contributed by atoms with E-state index < -0.39 is 0 Å². The lowest BCUT2D eigenvalue weighted by Crippen LogP contribution is -2.09. The van der Waals surface area contributed by atoms with Crippen LogP contribution in [0.25, 0.3) is 11.1 Å². The van der Waals surface area contributed by atoms with Crippen LogP contribution in [0.3, 0.4) is 0 Å². The van der Waals surface area contributed by atoms with E-state index in [1.807, 2.05) is 38.1 Å². The number of Topliss-reactive ketones (excluding diaryl/α,β-unsaturated/α-hetero) is 1. The van der Waals surface area contributed by atoms with Crippen molar-refractivity contribution in [2.24, 2.45) is 5.92 Å². The minimum atomic E-state index is -0.301. The molecule has 0 saturated heterocycles. The number of methoxy groups -OCH3 is 1. The minimum absolute atomic E-state index is 0.0352. The van der Waals surface area contributed by atoms with Gasteiger partial charge in [-0.3, -0.25) is 4.79 Å². The first-order chi connectivity index (χ1) is 10.0. The van der Waals surface area contributed by atoms with E-state index in [0.717, 1.165) is 11.1 Å². The van der Waals surface area contributed by atoms with Crippen LogP contribution in [0, 0.1) is 11.7 Å². The average Bonchev–Trinajstić information content (AvgIpc) is 2.48. The summed E-state index contributed by atoms with van der Waals surface area (Å²) < 4.78 is 18.7. The number of ether oxygens (including phenoxy) is 1. The summed E-state index contributed by atoms with van der Waals surface area (Å²) in [7, 11) is 1.56. The molecule has 0 atom stereocenters. The van der Waals surface area contributed by atoms with Gasteiger partial charge in [0.25, 0.3) is 0 Å². The van der Waals surface area contributed by atoms with Crippen molar-refractivity contribution in [3.05, 3.63) is 53.8 Å². The van der Waals surface area contributed by atoms with Crippen LogP contribution in [0.1, 0.15) is 19.4 Å². The lowest BCUT2D eigenvalue weighted by atomic mass is 9.98. The topological polar surface area (TPSA) is 26.3 Å². The molecular weight excluding hydrogens is 267 g/mol. The molecule has 0 aliphatic rings. The Morgan fingerprint density at radius 1 is 1.14 bits per heavy atom. The first-order valence-electron chi connectivity index (χ1n) is 6.97. The molecule has 0 amide bonds. The fourth-order valence-corrected chi connectivity index (χ4v) is 2.11. The Bertz CT molecular complexity index is 630. The maximum atomic E-state index is 13.4. The normalized spacial score (nSPS) is 10.7. The molecule has 0 aliphatic carbocycles. The van der Waals surface area contributed by atoms with Crippen molar-refractivity contribution >= 4 is 5.78 Å². The highest BCUT2D eigenvalue weighted by Crippen LogP contribution is 2.30. The number of hydrogen-bond acceptors (Lipinski definition) is 2. The molecule has 2 rings (SSSR count). The summed E-state index contributed by atoms with van der Waals surface area (Å²) in [6.45, 7) is 3.79. The van der Waals surface area contributed by atoms with Crippen molar-refractivity contribution < 1.29 is 13.9 Å². The van der Waals surface area contributed by atoms with Gasteiger partial charge in [-0.2, -0.15) is 0 Å². The zero-order valence-corrected chi connectivity index (χ0v) is 12.5. The van der Waals surface area contributed by atoms with Gasteiger partial charge in [0.05, 0.1) is 7.11 Å². The second-order valence-electron chi connectivity index (χ2n) is 5.34. The molecule has 0 aromatic heterocycles. The molecule has 0 aliphatic heterocycles. The highest BCUT2D eigenvalue weighted by atomic mass is 19.1. The Morgan fingerprint density at radius 3 is 2.38 bits per heavy atom. The summed E-state index contributed by atoms with van der Waals surface area (Å²) in [6.07, 6.45) is 0.429. The Balaban J connectivity index is 2.27. The SMILES string of the molecule is COc1ccc(F)cc1-c1ccc(CC(=O)C(C)C)cc1. The predicted octanol–water partition coefficient (Wildman–Crippen LogP) is 4.27. The molecule has 0 bridgehead atoms. The maximum absolute atomic E-state index is 13.4. The highest BCUT2D eigenvalue weighted by Gasteiger charge is 2.10. The van der Waals surface area contributed by atoms with Gasteiger partial charge >= 0.3 is 0 Å². The third-order valence-electron chi connectivity index (χ3n) is 3.45. The van der Waals surface area contributed by atoms with Gasteiger partial charge in [0.1, 0.15) is 17.3 Å². The molecule has 2 nitrogen and oxygen atoms in total. The summed E-state index contributed by atoms with van der Waals surface area (Å²) >= 11 is 0. The van der Waals surface area contributed by atoms with Gasteiger partial charge in [0.15, 0.2) is 0 Å². The Labute approximate surface area is 124 Å². The van der Waals surface area contributed by atoms with E-state index >= 15 is 0 Å². The molecule has 2 aromatic carbocycles. The van der Waals surface area contributed by atoms with E-state index in [4.69, 9.17) is 4.74 Å². The minimum Gasteiger partial charge on any atom is -0.496 e. The van der Waals surface area contributed by atoms with Crippen molar-refractivity contribution in [3.8, 4) is 16.9 Å². The van der Waals surface area contributed by atoms with Gasteiger partial charge in [-0.05, 0) is 29.3 Å². The lowest BCUT2D eigenvalue weighted by molar-refractivity contribution is -0.121. The van der Waals surface area contributed by atoms with Crippen LogP contribution in [0.2, 0.25) is 0 Å². The Kier molecular flexibility index (Phi) is 4.73. The fraction of sp³-hybridized carbons (Fsp3) is 0.278. The molecule has 21 heavy (non-hydrogen) atoms. The average molecular weight is 286 g/mol. The lowest BCUT2D eigenvalue weighted by Gasteiger charge is -2.10. The summed E-state index contributed by atoms with van der Waals surface area (Å²) in [5, 5.41) is 0. The number of rotatable bonds is 5. The smallest absolute Gasteiger partial charge is 0.139 e. The molecule has 2 aromatic rings. The Hall–Kier alpha value is -2.16. The van der Waals surface area contributed by atoms with E-state index in [-0.39, 0.29) is 17.5 Å². The molecule has 0 radical (unpaired) electrons. The number of carbonyl (C=O) groups is 1. The quantitative estimate of drug-likeness (QED) is 0.820. The largest absolute Gasteiger partial charge is 0.496 e. The monoisotopic (exact) mass is 286 g/mol. The van der Waals surface area contributed by atoms with Crippen molar-refractivity contribution in [3.63, 3.8) is 0 Å². The zero-order chi connectivity index (χ0) is 15.4. The Morgan fingerprint density at radius 2 is 1.81 bits per heavy atom. The standard InChI is InChI=1S/C18H19FO2/c1-12(2)17(20)10-13-4-6-14(7-5-13)16-11-15(19)8-9-18(16)21-3/h4-9,11-12H,10H2,1-3H3. The van der Waals surface area contributed by atoms with Gasteiger partial charge in [-0.1, -0.05) is 38.1 Å². The third kappa shape index (κ3) is 3.69. The van der Waals surface area contributed by atoms with Crippen LogP contribution in [-0.2, 0) is 11.2 Å². The van der Waals surface area contributed by atoms with Crippen molar-refractivity contribution in [1.29, 1.82) is 0 Å².